The van der Waals surface area contributed by atoms with E-state index in [1.165, 1.54) is 20.8 Å². The van der Waals surface area contributed by atoms with Crippen LogP contribution in [0.15, 0.2) is 0 Å². The number of carbonyl (C=O) groups excluding carboxylic acids is 3. The Morgan fingerprint density at radius 1 is 1.14 bits per heavy atom. The fourth-order valence-corrected chi connectivity index (χ4v) is 0.203. The summed E-state index contributed by atoms with van der Waals surface area (Å²) in [6.45, 7) is 5.47. The number of hydrogen-bond acceptors (Lipinski definition) is 5. The van der Waals surface area contributed by atoms with Crippen molar-refractivity contribution in [2.45, 2.75) is 80.6 Å². The number of hydrogen-bond donors (Lipinski definition) is 1. The first-order valence-corrected chi connectivity index (χ1v) is 6.35. The van der Waals surface area contributed by atoms with Crippen LogP contribution in [0.5, 0.6) is 0 Å². The van der Waals surface area contributed by atoms with E-state index in [1.807, 2.05) is 6.92 Å². The van der Waals surface area contributed by atoms with Gasteiger partial charge in [-0.15, -0.1) is 0 Å². The molecule has 0 aliphatic heterocycles. The van der Waals surface area contributed by atoms with Crippen molar-refractivity contribution >= 4 is 17.5 Å². The van der Waals surface area contributed by atoms with Gasteiger partial charge in [-0.05, 0) is 41.4 Å². The van der Waals surface area contributed by atoms with Gasteiger partial charge in [0.25, 0.3) is 0 Å². The summed E-state index contributed by atoms with van der Waals surface area (Å²) in [6, 6.07) is 0. The van der Waals surface area contributed by atoms with E-state index in [9.17, 15) is 14.4 Å². The molecule has 0 aliphatic carbocycles. The van der Waals surface area contributed by atoms with Crippen molar-refractivity contribution in [1.82, 2.24) is 0 Å². The lowest BCUT2D eigenvalue weighted by molar-refractivity contribution is -0.140. The predicted molar refractivity (Wildman–Crippen MR) is 86.2 cm³/mol. The standard InChI is InChI=1S/C4H8O2.C4H10O.2C4H8O/c1-3-6-4(2)5;1-4(2,3)5;2*1-3-4(2)5/h3H2,1-2H3;5H,1-3H3;2*3H2,1-2H3/i;1D3;2D3,3D2;. The quantitative estimate of drug-likeness (QED) is 0.808. The lowest BCUT2D eigenvalue weighted by Crippen LogP contribution is -2.10. The van der Waals surface area contributed by atoms with E-state index >= 15 is 0 Å². The second-order valence-electron chi connectivity index (χ2n) is 4.12. The zero-order chi connectivity index (χ0) is 24.9. The summed E-state index contributed by atoms with van der Waals surface area (Å²) in [5.74, 6) is -1.30. The Kier molecular flexibility index (Phi) is 11.0. The number of carbonyl (C=O) groups is 3. The molecule has 21 heavy (non-hydrogen) atoms. The van der Waals surface area contributed by atoms with E-state index in [1.54, 1.807) is 13.8 Å². The molecule has 0 heterocycles. The molecule has 0 unspecified atom stereocenters. The molecular formula is C16H34O5. The van der Waals surface area contributed by atoms with Gasteiger partial charge in [-0.25, -0.2) is 0 Å². The summed E-state index contributed by atoms with van der Waals surface area (Å²) in [5.41, 5.74) is -1.56. The Labute approximate surface area is 141 Å². The van der Waals surface area contributed by atoms with Crippen molar-refractivity contribution in [2.75, 3.05) is 6.61 Å². The van der Waals surface area contributed by atoms with Crippen molar-refractivity contribution in [2.24, 2.45) is 0 Å². The molecule has 5 heteroatoms. The maximum absolute atomic E-state index is 10.5. The van der Waals surface area contributed by atoms with Gasteiger partial charge in [0, 0.05) is 30.7 Å². The highest BCUT2D eigenvalue weighted by molar-refractivity contribution is 5.75. The highest BCUT2D eigenvalue weighted by Gasteiger charge is 1.97. The molecule has 0 aromatic heterocycles. The van der Waals surface area contributed by atoms with Gasteiger partial charge in [0.15, 0.2) is 0 Å². The summed E-state index contributed by atoms with van der Waals surface area (Å²) in [5, 5.41) is 8.79. The molecule has 5 nitrogen and oxygen atoms in total. The highest BCUT2D eigenvalue weighted by atomic mass is 16.5. The maximum atomic E-state index is 10.5. The number of ether oxygens (including phenoxy) is 1. The van der Waals surface area contributed by atoms with Crippen LogP contribution in [-0.2, 0) is 19.1 Å². The fourth-order valence-electron chi connectivity index (χ4n) is 0.203. The SMILES string of the molecule is CCC(C)=O.CCOC(C)=O.[2H]C([2H])([2H])C(=O)C([2H])([2H])C.[2H]C([2H])([2H])C(C)(C)O. The lowest BCUT2D eigenvalue weighted by Gasteiger charge is -2.04. The van der Waals surface area contributed by atoms with Crippen LogP contribution in [-0.4, -0.2) is 34.9 Å². The van der Waals surface area contributed by atoms with Gasteiger partial charge in [0.2, 0.25) is 0 Å². The third-order valence-electron chi connectivity index (χ3n) is 1.07. The summed E-state index contributed by atoms with van der Waals surface area (Å²) >= 11 is 0. The highest BCUT2D eigenvalue weighted by Crippen LogP contribution is 1.93. The molecule has 0 atom stereocenters. The van der Waals surface area contributed by atoms with E-state index in [2.05, 4.69) is 4.74 Å². The first kappa shape index (κ1) is 12.3. The lowest BCUT2D eigenvalue weighted by atomic mass is 10.2. The van der Waals surface area contributed by atoms with E-state index < -0.39 is 31.5 Å². The van der Waals surface area contributed by atoms with Crippen molar-refractivity contribution in [3.63, 3.8) is 0 Å². The van der Waals surface area contributed by atoms with E-state index in [0.717, 1.165) is 6.92 Å². The third kappa shape index (κ3) is 159. The van der Waals surface area contributed by atoms with Gasteiger partial charge in [0.1, 0.15) is 11.6 Å². The van der Waals surface area contributed by atoms with Crippen LogP contribution in [0.25, 0.3) is 0 Å². The van der Waals surface area contributed by atoms with Crippen molar-refractivity contribution in [3.05, 3.63) is 0 Å². The minimum atomic E-state index is -2.82. The molecule has 0 amide bonds. The predicted octanol–water partition coefficient (Wildman–Crippen LogP) is 3.32. The first-order chi connectivity index (χ1) is 12.4. The molecule has 0 radical (unpaired) electrons. The van der Waals surface area contributed by atoms with Crippen LogP contribution in [0.1, 0.15) is 85.9 Å². The van der Waals surface area contributed by atoms with E-state index in [-0.39, 0.29) is 11.8 Å². The van der Waals surface area contributed by atoms with Crippen molar-refractivity contribution in [1.29, 1.82) is 0 Å². The average Bonchev–Trinajstić information content (AvgIpc) is 2.44. The molecule has 0 aromatic rings. The average molecular weight is 314 g/mol. The van der Waals surface area contributed by atoms with Gasteiger partial charge >= 0.3 is 5.97 Å². The summed E-state index contributed by atoms with van der Waals surface area (Å²) in [4.78, 5) is 30.2. The largest absolute Gasteiger partial charge is 0.466 e. The Morgan fingerprint density at radius 3 is 1.52 bits per heavy atom. The van der Waals surface area contributed by atoms with Crippen LogP contribution in [0.4, 0.5) is 0 Å². The van der Waals surface area contributed by atoms with E-state index in [0.29, 0.717) is 13.0 Å². The van der Waals surface area contributed by atoms with Crippen LogP contribution < -0.4 is 0 Å². The zero-order valence-electron chi connectivity index (χ0n) is 22.0. The molecule has 128 valence electrons. The smallest absolute Gasteiger partial charge is 0.302 e. The molecule has 1 N–H and O–H groups in total. The Morgan fingerprint density at radius 2 is 1.52 bits per heavy atom. The summed E-state index contributed by atoms with van der Waals surface area (Å²) < 4.78 is 57.5. The Balaban J connectivity index is -0.000000149. The maximum Gasteiger partial charge on any atom is 0.302 e. The number of ketones is 2. The minimum Gasteiger partial charge on any atom is -0.466 e. The van der Waals surface area contributed by atoms with Crippen molar-refractivity contribution in [3.8, 4) is 0 Å². The molecule has 0 aromatic carbocycles. The second-order valence-corrected chi connectivity index (χ2v) is 4.12. The normalized spacial score (nSPS) is 16.2. The molecule has 0 aliphatic rings. The van der Waals surface area contributed by atoms with Gasteiger partial charge in [-0.2, -0.15) is 0 Å². The number of aliphatic hydroxyl groups is 1. The zero-order valence-corrected chi connectivity index (χ0v) is 14.0. The van der Waals surface area contributed by atoms with Gasteiger partial charge in [-0.3, -0.25) is 4.79 Å². The molecule has 0 rings (SSSR count). The van der Waals surface area contributed by atoms with Crippen LogP contribution >= 0.6 is 0 Å². The number of esters is 1. The molecule has 0 saturated heterocycles. The van der Waals surface area contributed by atoms with Gasteiger partial charge in [-0.1, -0.05) is 13.8 Å². The fraction of sp³-hybridized carbons (Fsp3) is 0.812. The monoisotopic (exact) mass is 314 g/mol. The number of rotatable bonds is 3. The van der Waals surface area contributed by atoms with Crippen LogP contribution in [0, 0.1) is 0 Å². The number of Topliss-reactive ketones (excluding diaryl/α,β-unsaturated/α-hetero) is 2. The summed E-state index contributed by atoms with van der Waals surface area (Å²) in [6.07, 6.45) is -1.59. The van der Waals surface area contributed by atoms with Crippen LogP contribution in [0.2, 0.25) is 0 Å². The molecule has 0 saturated carbocycles. The minimum absolute atomic E-state index is 0.211. The van der Waals surface area contributed by atoms with Crippen molar-refractivity contribution < 1.29 is 35.2 Å². The molecular weight excluding hydrogens is 272 g/mol. The van der Waals surface area contributed by atoms with Crippen LogP contribution in [0.3, 0.4) is 0 Å². The van der Waals surface area contributed by atoms with E-state index in [4.69, 9.17) is 16.1 Å². The topological polar surface area (TPSA) is 80.7 Å². The summed E-state index contributed by atoms with van der Waals surface area (Å²) in [7, 11) is 0. The molecule has 0 bridgehead atoms. The first-order valence-electron chi connectivity index (χ1n) is 10.3. The molecule has 0 fully saturated rings. The Hall–Kier alpha value is -1.23. The molecule has 0 spiro atoms. The second kappa shape index (κ2) is 18.8. The van der Waals surface area contributed by atoms with Gasteiger partial charge in [0.05, 0.1) is 12.2 Å². The third-order valence-corrected chi connectivity index (χ3v) is 1.07. The van der Waals surface area contributed by atoms with Gasteiger partial charge < -0.3 is 19.4 Å². The Bertz CT molecular complexity index is 457.